The summed E-state index contributed by atoms with van der Waals surface area (Å²) in [5.74, 6) is -0.332. The van der Waals surface area contributed by atoms with E-state index in [4.69, 9.17) is 4.74 Å². The first-order chi connectivity index (χ1) is 10.2. The third kappa shape index (κ3) is 3.95. The number of hydrogen-bond donors (Lipinski definition) is 0. The maximum absolute atomic E-state index is 11.8. The van der Waals surface area contributed by atoms with Crippen molar-refractivity contribution in [3.05, 3.63) is 83.1 Å². The van der Waals surface area contributed by atoms with Crippen LogP contribution in [0.1, 0.15) is 25.0 Å². The molecule has 0 N–H and O–H groups in total. The Hall–Kier alpha value is -2.57. The molecule has 0 bridgehead atoms. The van der Waals surface area contributed by atoms with Crippen LogP contribution in [0.25, 0.3) is 5.57 Å². The van der Waals surface area contributed by atoms with Crippen molar-refractivity contribution in [3.8, 4) is 0 Å². The highest BCUT2D eigenvalue weighted by Crippen LogP contribution is 2.22. The summed E-state index contributed by atoms with van der Waals surface area (Å²) in [4.78, 5) is 11.8. The van der Waals surface area contributed by atoms with Crippen molar-refractivity contribution >= 4 is 11.5 Å². The van der Waals surface area contributed by atoms with E-state index in [9.17, 15) is 4.79 Å². The van der Waals surface area contributed by atoms with Crippen molar-refractivity contribution in [2.45, 2.75) is 13.8 Å². The van der Waals surface area contributed by atoms with Crippen LogP contribution in [0.3, 0.4) is 0 Å². The van der Waals surface area contributed by atoms with Gasteiger partial charge >= 0.3 is 5.97 Å². The van der Waals surface area contributed by atoms with E-state index in [1.807, 2.05) is 60.7 Å². The van der Waals surface area contributed by atoms with E-state index < -0.39 is 0 Å². The number of ether oxygens (including phenoxy) is 1. The van der Waals surface area contributed by atoms with Crippen LogP contribution in [-0.4, -0.2) is 12.6 Å². The lowest BCUT2D eigenvalue weighted by Crippen LogP contribution is -2.04. The summed E-state index contributed by atoms with van der Waals surface area (Å²) >= 11 is 0. The second-order valence-corrected chi connectivity index (χ2v) is 4.58. The van der Waals surface area contributed by atoms with E-state index in [2.05, 4.69) is 5.73 Å². The molecule has 0 aromatic heterocycles. The van der Waals surface area contributed by atoms with Gasteiger partial charge in [-0.15, -0.1) is 5.73 Å². The summed E-state index contributed by atoms with van der Waals surface area (Å²) in [6, 6.07) is 19.9. The summed E-state index contributed by atoms with van der Waals surface area (Å²) in [7, 11) is 0. The van der Waals surface area contributed by atoms with E-state index in [1.54, 1.807) is 13.8 Å². The SMILES string of the molecule is CCOC(=O)C(C)=C=C(c1ccccc1)c1ccccc1. The Morgan fingerprint density at radius 1 is 0.952 bits per heavy atom. The van der Waals surface area contributed by atoms with Crippen molar-refractivity contribution in [1.29, 1.82) is 0 Å². The molecule has 21 heavy (non-hydrogen) atoms. The van der Waals surface area contributed by atoms with Crippen molar-refractivity contribution < 1.29 is 9.53 Å². The molecule has 106 valence electrons. The van der Waals surface area contributed by atoms with Gasteiger partial charge in [-0.25, -0.2) is 4.79 Å². The summed E-state index contributed by atoms with van der Waals surface area (Å²) < 4.78 is 5.02. The summed E-state index contributed by atoms with van der Waals surface area (Å²) in [5, 5.41) is 0. The molecule has 0 aliphatic carbocycles. The lowest BCUT2D eigenvalue weighted by molar-refractivity contribution is -0.138. The van der Waals surface area contributed by atoms with Crippen molar-refractivity contribution in [3.63, 3.8) is 0 Å². The molecular weight excluding hydrogens is 260 g/mol. The van der Waals surface area contributed by atoms with Gasteiger partial charge < -0.3 is 4.74 Å². The minimum atomic E-state index is -0.332. The highest BCUT2D eigenvalue weighted by Gasteiger charge is 2.07. The van der Waals surface area contributed by atoms with Crippen LogP contribution >= 0.6 is 0 Å². The highest BCUT2D eigenvalue weighted by atomic mass is 16.5. The quantitative estimate of drug-likeness (QED) is 0.475. The fourth-order valence-electron chi connectivity index (χ4n) is 2.00. The van der Waals surface area contributed by atoms with Crippen LogP contribution in [0.15, 0.2) is 72.0 Å². The molecule has 0 saturated carbocycles. The van der Waals surface area contributed by atoms with Gasteiger partial charge in [0, 0.05) is 5.57 Å². The highest BCUT2D eigenvalue weighted by molar-refractivity contribution is 5.90. The average molecular weight is 278 g/mol. The minimum absolute atomic E-state index is 0.332. The first-order valence-corrected chi connectivity index (χ1v) is 6.98. The second-order valence-electron chi connectivity index (χ2n) is 4.58. The fourth-order valence-corrected chi connectivity index (χ4v) is 2.00. The van der Waals surface area contributed by atoms with Gasteiger partial charge in [-0.3, -0.25) is 0 Å². The Bertz CT molecular complexity index is 622. The summed E-state index contributed by atoms with van der Waals surface area (Å²) in [5.41, 5.74) is 6.60. The average Bonchev–Trinajstić information content (AvgIpc) is 2.54. The Kier molecular flexibility index (Phi) is 5.14. The second kappa shape index (κ2) is 7.28. The maximum Gasteiger partial charge on any atom is 0.341 e. The molecule has 2 aromatic carbocycles. The van der Waals surface area contributed by atoms with E-state index in [-0.39, 0.29) is 5.97 Å². The Balaban J connectivity index is 2.57. The maximum atomic E-state index is 11.8. The van der Waals surface area contributed by atoms with Crippen molar-refractivity contribution in [2.24, 2.45) is 0 Å². The Labute approximate surface area is 125 Å². The summed E-state index contributed by atoms with van der Waals surface area (Å²) in [6.07, 6.45) is 0. The van der Waals surface area contributed by atoms with Crippen molar-refractivity contribution in [1.82, 2.24) is 0 Å². The Morgan fingerprint density at radius 3 is 1.86 bits per heavy atom. The third-order valence-corrected chi connectivity index (χ3v) is 3.02. The van der Waals surface area contributed by atoms with E-state index in [0.717, 1.165) is 16.7 Å². The zero-order valence-electron chi connectivity index (χ0n) is 12.3. The van der Waals surface area contributed by atoms with Crippen molar-refractivity contribution in [2.75, 3.05) is 6.61 Å². The first kappa shape index (κ1) is 14.8. The smallest absolute Gasteiger partial charge is 0.341 e. The van der Waals surface area contributed by atoms with Gasteiger partial charge in [0.2, 0.25) is 0 Å². The van der Waals surface area contributed by atoms with E-state index in [1.165, 1.54) is 0 Å². The molecule has 0 fully saturated rings. The van der Waals surface area contributed by atoms with Crippen LogP contribution in [0.5, 0.6) is 0 Å². The van der Waals surface area contributed by atoms with Crippen LogP contribution in [0.4, 0.5) is 0 Å². The van der Waals surface area contributed by atoms with Gasteiger partial charge in [-0.05, 0) is 25.0 Å². The first-order valence-electron chi connectivity index (χ1n) is 6.98. The molecule has 0 amide bonds. The third-order valence-electron chi connectivity index (χ3n) is 3.02. The van der Waals surface area contributed by atoms with E-state index in [0.29, 0.717) is 12.2 Å². The Morgan fingerprint density at radius 2 is 1.43 bits per heavy atom. The van der Waals surface area contributed by atoms with Crippen LogP contribution in [0.2, 0.25) is 0 Å². The molecule has 2 nitrogen and oxygen atoms in total. The monoisotopic (exact) mass is 278 g/mol. The number of rotatable bonds is 4. The van der Waals surface area contributed by atoms with Crippen LogP contribution in [-0.2, 0) is 9.53 Å². The van der Waals surface area contributed by atoms with Gasteiger partial charge in [0.1, 0.15) is 0 Å². The molecule has 0 saturated heterocycles. The normalized spacial score (nSPS) is 9.62. The zero-order valence-corrected chi connectivity index (χ0v) is 12.3. The molecule has 0 atom stereocenters. The fraction of sp³-hybridized carbons (Fsp3) is 0.158. The van der Waals surface area contributed by atoms with Gasteiger partial charge in [0.15, 0.2) is 0 Å². The molecule has 2 aromatic rings. The standard InChI is InChI=1S/C19H18O2/c1-3-21-19(20)15(2)14-18(16-10-6-4-7-11-16)17-12-8-5-9-13-17/h4-13H,3H2,1-2H3. The number of carbonyl (C=O) groups is 1. The number of carbonyl (C=O) groups excluding carboxylic acids is 1. The molecule has 0 aliphatic heterocycles. The lowest BCUT2D eigenvalue weighted by atomic mass is 9.98. The predicted molar refractivity (Wildman–Crippen MR) is 84.7 cm³/mol. The van der Waals surface area contributed by atoms with Gasteiger partial charge in [-0.2, -0.15) is 0 Å². The minimum Gasteiger partial charge on any atom is -0.462 e. The number of esters is 1. The summed E-state index contributed by atoms with van der Waals surface area (Å²) in [6.45, 7) is 3.89. The zero-order chi connectivity index (χ0) is 15.1. The van der Waals surface area contributed by atoms with Gasteiger partial charge in [0.25, 0.3) is 0 Å². The topological polar surface area (TPSA) is 26.3 Å². The predicted octanol–water partition coefficient (Wildman–Crippen LogP) is 4.23. The molecule has 0 unspecified atom stereocenters. The lowest BCUT2D eigenvalue weighted by Gasteiger charge is -2.06. The molecule has 0 aliphatic rings. The van der Waals surface area contributed by atoms with E-state index >= 15 is 0 Å². The number of hydrogen-bond acceptors (Lipinski definition) is 2. The molecule has 0 spiro atoms. The van der Waals surface area contributed by atoms with Crippen LogP contribution in [0, 0.1) is 0 Å². The van der Waals surface area contributed by atoms with Gasteiger partial charge in [0.05, 0.1) is 12.2 Å². The van der Waals surface area contributed by atoms with Gasteiger partial charge in [-0.1, -0.05) is 60.7 Å². The molecule has 2 rings (SSSR count). The largest absolute Gasteiger partial charge is 0.462 e. The molecular formula is C19H18O2. The molecule has 0 heterocycles. The molecule has 2 heteroatoms. The number of benzene rings is 2. The van der Waals surface area contributed by atoms with Crippen LogP contribution < -0.4 is 0 Å². The molecule has 0 radical (unpaired) electrons.